The van der Waals surface area contributed by atoms with Gasteiger partial charge in [0, 0.05) is 0 Å². The van der Waals surface area contributed by atoms with E-state index in [1.54, 1.807) is 0 Å². The first-order chi connectivity index (χ1) is 12.3. The molecule has 0 amide bonds. The summed E-state index contributed by atoms with van der Waals surface area (Å²) < 4.78 is 0. The lowest BCUT2D eigenvalue weighted by atomic mass is 9.72. The third kappa shape index (κ3) is 5.09. The van der Waals surface area contributed by atoms with Gasteiger partial charge in [0.1, 0.15) is 0 Å². The van der Waals surface area contributed by atoms with Crippen LogP contribution in [-0.2, 0) is 6.42 Å². The Labute approximate surface area is 155 Å². The maximum Gasteiger partial charge on any atom is -0.0167 e. The van der Waals surface area contributed by atoms with Crippen LogP contribution in [0.5, 0.6) is 0 Å². The fraction of sp³-hybridized carbons (Fsp3) is 0.600. The third-order valence-electron chi connectivity index (χ3n) is 6.43. The average molecular weight is 337 g/mol. The van der Waals surface area contributed by atoms with Crippen molar-refractivity contribution in [3.05, 3.63) is 53.6 Å². The van der Waals surface area contributed by atoms with Crippen molar-refractivity contribution < 1.29 is 0 Å². The standard InChI is InChI=1S/C25H36/c1-3-5-7-21-10-14-23(15-11-21)25-18-16-24(17-19-25)22-12-8-20(6-4-2)9-13-22/h10-11,14-16,18-20,22,24H,3-9,12-13,17H2,1-2H3. The summed E-state index contributed by atoms with van der Waals surface area (Å²) in [5.74, 6) is 2.74. The molecule has 1 aromatic rings. The predicted octanol–water partition coefficient (Wildman–Crippen LogP) is 7.60. The van der Waals surface area contributed by atoms with E-state index in [2.05, 4.69) is 56.3 Å². The molecular formula is C25H36. The Kier molecular flexibility index (Phi) is 6.96. The van der Waals surface area contributed by atoms with Crippen LogP contribution in [0.25, 0.3) is 5.57 Å². The fourth-order valence-corrected chi connectivity index (χ4v) is 4.76. The summed E-state index contributed by atoms with van der Waals surface area (Å²) in [6.07, 6.45) is 21.1. The van der Waals surface area contributed by atoms with Crippen molar-refractivity contribution in [3.8, 4) is 0 Å². The van der Waals surface area contributed by atoms with E-state index in [0.29, 0.717) is 0 Å². The monoisotopic (exact) mass is 336 g/mol. The molecule has 0 nitrogen and oxygen atoms in total. The van der Waals surface area contributed by atoms with E-state index in [1.165, 1.54) is 80.9 Å². The van der Waals surface area contributed by atoms with Crippen molar-refractivity contribution in [2.45, 2.75) is 78.1 Å². The summed E-state index contributed by atoms with van der Waals surface area (Å²) >= 11 is 0. The van der Waals surface area contributed by atoms with E-state index in [9.17, 15) is 0 Å². The molecule has 0 radical (unpaired) electrons. The zero-order valence-electron chi connectivity index (χ0n) is 16.3. The van der Waals surface area contributed by atoms with Crippen molar-refractivity contribution in [1.82, 2.24) is 0 Å². The van der Waals surface area contributed by atoms with Crippen LogP contribution in [0.15, 0.2) is 42.5 Å². The highest BCUT2D eigenvalue weighted by molar-refractivity contribution is 5.75. The molecule has 0 aliphatic heterocycles. The van der Waals surface area contributed by atoms with Gasteiger partial charge in [-0.1, -0.05) is 88.4 Å². The first kappa shape index (κ1) is 18.5. The van der Waals surface area contributed by atoms with Gasteiger partial charge in [0.25, 0.3) is 0 Å². The molecule has 0 saturated heterocycles. The van der Waals surface area contributed by atoms with E-state index in [4.69, 9.17) is 0 Å². The van der Waals surface area contributed by atoms with E-state index in [1.807, 2.05) is 0 Å². The second kappa shape index (κ2) is 9.41. The molecule has 1 atom stereocenters. The van der Waals surface area contributed by atoms with Gasteiger partial charge >= 0.3 is 0 Å². The van der Waals surface area contributed by atoms with Crippen molar-refractivity contribution in [2.75, 3.05) is 0 Å². The van der Waals surface area contributed by atoms with Crippen LogP contribution in [0.2, 0.25) is 0 Å². The van der Waals surface area contributed by atoms with Crippen molar-refractivity contribution >= 4 is 5.57 Å². The molecule has 3 rings (SSSR count). The zero-order chi connectivity index (χ0) is 17.5. The molecule has 1 saturated carbocycles. The topological polar surface area (TPSA) is 0 Å². The lowest BCUT2D eigenvalue weighted by Crippen LogP contribution is -2.21. The van der Waals surface area contributed by atoms with Gasteiger partial charge in [-0.25, -0.2) is 0 Å². The van der Waals surface area contributed by atoms with Crippen LogP contribution < -0.4 is 0 Å². The van der Waals surface area contributed by atoms with Gasteiger partial charge in [-0.2, -0.15) is 0 Å². The van der Waals surface area contributed by atoms with Crippen LogP contribution in [0.3, 0.4) is 0 Å². The van der Waals surface area contributed by atoms with Gasteiger partial charge in [-0.15, -0.1) is 0 Å². The Morgan fingerprint density at radius 1 is 0.920 bits per heavy atom. The van der Waals surface area contributed by atoms with Crippen LogP contribution in [0.4, 0.5) is 0 Å². The van der Waals surface area contributed by atoms with Gasteiger partial charge in [-0.3, -0.25) is 0 Å². The molecule has 25 heavy (non-hydrogen) atoms. The van der Waals surface area contributed by atoms with E-state index in [-0.39, 0.29) is 0 Å². The SMILES string of the molecule is CCCCc1ccc(C2=CCC(C3CCC(CCC)CC3)C=C2)cc1. The van der Waals surface area contributed by atoms with Gasteiger partial charge in [0.2, 0.25) is 0 Å². The van der Waals surface area contributed by atoms with Crippen LogP contribution in [0.1, 0.15) is 82.8 Å². The Morgan fingerprint density at radius 3 is 2.28 bits per heavy atom. The van der Waals surface area contributed by atoms with Crippen LogP contribution in [-0.4, -0.2) is 0 Å². The summed E-state index contributed by atoms with van der Waals surface area (Å²) in [4.78, 5) is 0. The number of unbranched alkanes of at least 4 members (excludes halogenated alkanes) is 1. The minimum atomic E-state index is 0.787. The molecule has 1 aromatic carbocycles. The quantitative estimate of drug-likeness (QED) is 0.481. The Morgan fingerprint density at radius 2 is 1.68 bits per heavy atom. The highest BCUT2D eigenvalue weighted by atomic mass is 14.3. The summed E-state index contributed by atoms with van der Waals surface area (Å²) in [5, 5.41) is 0. The van der Waals surface area contributed by atoms with Gasteiger partial charge in [0.15, 0.2) is 0 Å². The molecule has 0 bridgehead atoms. The van der Waals surface area contributed by atoms with Gasteiger partial charge in [0.05, 0.1) is 0 Å². The lowest BCUT2D eigenvalue weighted by Gasteiger charge is -2.33. The van der Waals surface area contributed by atoms with E-state index < -0.39 is 0 Å². The zero-order valence-corrected chi connectivity index (χ0v) is 16.3. The first-order valence-corrected chi connectivity index (χ1v) is 10.8. The molecule has 2 aliphatic rings. The molecule has 0 heteroatoms. The minimum Gasteiger partial charge on any atom is -0.0802 e. The maximum atomic E-state index is 2.52. The second-order valence-electron chi connectivity index (χ2n) is 8.29. The highest BCUT2D eigenvalue weighted by Crippen LogP contribution is 2.39. The average Bonchev–Trinajstić information content (AvgIpc) is 2.68. The molecule has 0 N–H and O–H groups in total. The third-order valence-corrected chi connectivity index (χ3v) is 6.43. The summed E-state index contributed by atoms with van der Waals surface area (Å²) in [6.45, 7) is 4.59. The van der Waals surface area contributed by atoms with Crippen LogP contribution >= 0.6 is 0 Å². The van der Waals surface area contributed by atoms with Crippen molar-refractivity contribution in [1.29, 1.82) is 0 Å². The smallest absolute Gasteiger partial charge is 0.0167 e. The van der Waals surface area contributed by atoms with E-state index in [0.717, 1.165) is 17.8 Å². The molecule has 2 aliphatic carbocycles. The molecule has 1 unspecified atom stereocenters. The normalized spacial score (nSPS) is 26.5. The number of rotatable bonds is 7. The molecule has 0 heterocycles. The fourth-order valence-electron chi connectivity index (χ4n) is 4.76. The summed E-state index contributed by atoms with van der Waals surface area (Å²) in [6, 6.07) is 9.27. The maximum absolute atomic E-state index is 2.52. The van der Waals surface area contributed by atoms with Crippen LogP contribution in [0, 0.1) is 17.8 Å². The number of allylic oxidation sites excluding steroid dienone is 4. The molecular weight excluding hydrogens is 300 g/mol. The van der Waals surface area contributed by atoms with Crippen molar-refractivity contribution in [3.63, 3.8) is 0 Å². The minimum absolute atomic E-state index is 0.787. The lowest BCUT2D eigenvalue weighted by molar-refractivity contribution is 0.221. The molecule has 136 valence electrons. The number of aryl methyl sites for hydroxylation is 1. The van der Waals surface area contributed by atoms with Crippen molar-refractivity contribution in [2.24, 2.45) is 17.8 Å². The summed E-state index contributed by atoms with van der Waals surface area (Å²) in [5.41, 5.74) is 4.30. The number of hydrogen-bond donors (Lipinski definition) is 0. The number of benzene rings is 1. The Bertz CT molecular complexity index is 567. The highest BCUT2D eigenvalue weighted by Gasteiger charge is 2.26. The largest absolute Gasteiger partial charge is 0.0802 e. The first-order valence-electron chi connectivity index (χ1n) is 10.8. The molecule has 0 spiro atoms. The molecule has 1 fully saturated rings. The summed E-state index contributed by atoms with van der Waals surface area (Å²) in [7, 11) is 0. The van der Waals surface area contributed by atoms with Gasteiger partial charge in [-0.05, 0) is 66.6 Å². The van der Waals surface area contributed by atoms with Gasteiger partial charge < -0.3 is 0 Å². The Hall–Kier alpha value is -1.30. The number of hydrogen-bond acceptors (Lipinski definition) is 0. The Balaban J connectivity index is 1.52. The molecule has 0 aromatic heterocycles. The second-order valence-corrected chi connectivity index (χ2v) is 8.29. The van der Waals surface area contributed by atoms with E-state index >= 15 is 0 Å². The predicted molar refractivity (Wildman–Crippen MR) is 111 cm³/mol.